The number of fused-ring (bicyclic) bond motifs is 2. The molecule has 0 radical (unpaired) electrons. The van der Waals surface area contributed by atoms with Crippen LogP contribution in [0.5, 0.6) is 0 Å². The fraction of sp³-hybridized carbons (Fsp3) is 0.364. The molecule has 0 bridgehead atoms. The Morgan fingerprint density at radius 3 is 2.59 bits per heavy atom. The molecule has 4 rings (SSSR count). The van der Waals surface area contributed by atoms with Gasteiger partial charge in [0, 0.05) is 38.0 Å². The van der Waals surface area contributed by atoms with Gasteiger partial charge in [0.05, 0.1) is 23.3 Å². The summed E-state index contributed by atoms with van der Waals surface area (Å²) in [4.78, 5) is 27.9. The number of aryl methyl sites for hydroxylation is 1. The number of rotatable bonds is 1. The Balaban J connectivity index is 2.01. The number of anilines is 2. The molecule has 0 fully saturated rings. The second kappa shape index (κ2) is 6.12. The molecular weight excluding hydrogens is 338 g/mol. The van der Waals surface area contributed by atoms with Crippen LogP contribution in [-0.4, -0.2) is 16.3 Å². The molecule has 0 unspecified atom stereocenters. The summed E-state index contributed by atoms with van der Waals surface area (Å²) in [5.41, 5.74) is 3.28. The van der Waals surface area contributed by atoms with Gasteiger partial charge in [-0.1, -0.05) is 32.1 Å². The van der Waals surface area contributed by atoms with Crippen LogP contribution in [0.25, 0.3) is 0 Å². The standard InChI is InChI=1S/C22H25N3O2/c1-14(26)25-17-9-6-5-8-15(17)23-16-12-22(2,3)13-19(27)20(16)21(25)18-10-7-11-24(18)4/h5-12,20-21,23H,13H2,1-4H3/t20-,21+/m0/s1. The number of aromatic nitrogens is 1. The Kier molecular flexibility index (Phi) is 3.98. The van der Waals surface area contributed by atoms with Crippen LogP contribution in [0, 0.1) is 11.3 Å². The van der Waals surface area contributed by atoms with Gasteiger partial charge in [-0.2, -0.15) is 0 Å². The predicted octanol–water partition coefficient (Wildman–Crippen LogP) is 4.04. The normalized spacial score (nSPS) is 23.6. The number of Topliss-reactive ketones (excluding diaryl/α,β-unsaturated/α-hetero) is 1. The second-order valence-corrected chi connectivity index (χ2v) is 8.23. The summed E-state index contributed by atoms with van der Waals surface area (Å²) in [6, 6.07) is 11.3. The smallest absolute Gasteiger partial charge is 0.224 e. The van der Waals surface area contributed by atoms with Gasteiger partial charge in [0.25, 0.3) is 0 Å². The first-order chi connectivity index (χ1) is 12.8. The zero-order valence-corrected chi connectivity index (χ0v) is 16.2. The number of amides is 1. The Bertz CT molecular complexity index is 954. The van der Waals surface area contributed by atoms with Crippen molar-refractivity contribution in [3.8, 4) is 0 Å². The zero-order chi connectivity index (χ0) is 19.3. The summed E-state index contributed by atoms with van der Waals surface area (Å²) < 4.78 is 2.00. The molecule has 1 aliphatic carbocycles. The van der Waals surface area contributed by atoms with Gasteiger partial charge in [-0.15, -0.1) is 0 Å². The quantitative estimate of drug-likeness (QED) is 0.832. The minimum absolute atomic E-state index is 0.0747. The Morgan fingerprint density at radius 2 is 1.93 bits per heavy atom. The van der Waals surface area contributed by atoms with Crippen LogP contribution < -0.4 is 10.2 Å². The number of para-hydroxylation sites is 2. The molecule has 2 aromatic rings. The van der Waals surface area contributed by atoms with Crippen LogP contribution >= 0.6 is 0 Å². The first-order valence-electron chi connectivity index (χ1n) is 9.31. The molecule has 0 saturated carbocycles. The number of hydrogen-bond donors (Lipinski definition) is 1. The van der Waals surface area contributed by atoms with Crippen LogP contribution in [0.3, 0.4) is 0 Å². The highest BCUT2D eigenvalue weighted by Crippen LogP contribution is 2.48. The number of hydrogen-bond acceptors (Lipinski definition) is 3. The monoisotopic (exact) mass is 363 g/mol. The topological polar surface area (TPSA) is 54.3 Å². The fourth-order valence-corrected chi connectivity index (χ4v) is 4.45. The van der Waals surface area contributed by atoms with Crippen molar-refractivity contribution in [2.24, 2.45) is 18.4 Å². The molecule has 1 amide bonds. The van der Waals surface area contributed by atoms with Crippen LogP contribution in [0.1, 0.15) is 38.9 Å². The molecule has 5 heteroatoms. The highest BCUT2D eigenvalue weighted by atomic mass is 16.2. The molecule has 1 N–H and O–H groups in total. The summed E-state index contributed by atoms with van der Waals surface area (Å²) >= 11 is 0. The van der Waals surface area contributed by atoms with Gasteiger partial charge in [-0.3, -0.25) is 9.59 Å². The Morgan fingerprint density at radius 1 is 1.19 bits per heavy atom. The van der Waals surface area contributed by atoms with Gasteiger partial charge in [-0.05, 0) is 29.7 Å². The van der Waals surface area contributed by atoms with Crippen molar-refractivity contribution in [1.82, 2.24) is 4.57 Å². The van der Waals surface area contributed by atoms with E-state index in [1.165, 1.54) is 0 Å². The second-order valence-electron chi connectivity index (χ2n) is 8.23. The van der Waals surface area contributed by atoms with Gasteiger partial charge >= 0.3 is 0 Å². The minimum Gasteiger partial charge on any atom is -0.357 e. The predicted molar refractivity (Wildman–Crippen MR) is 106 cm³/mol. The number of carbonyl (C=O) groups excluding carboxylic acids is 2. The maximum Gasteiger partial charge on any atom is 0.224 e. The molecule has 0 spiro atoms. The number of carbonyl (C=O) groups is 2. The first-order valence-corrected chi connectivity index (χ1v) is 9.31. The Hall–Kier alpha value is -2.82. The van der Waals surface area contributed by atoms with E-state index in [4.69, 9.17) is 0 Å². The van der Waals surface area contributed by atoms with E-state index >= 15 is 0 Å². The van der Waals surface area contributed by atoms with Crippen LogP contribution in [0.4, 0.5) is 11.4 Å². The minimum atomic E-state index is -0.414. The van der Waals surface area contributed by atoms with Gasteiger partial charge in [-0.25, -0.2) is 0 Å². The highest BCUT2D eigenvalue weighted by molar-refractivity contribution is 6.00. The van der Waals surface area contributed by atoms with E-state index in [0.29, 0.717) is 6.42 Å². The van der Waals surface area contributed by atoms with E-state index < -0.39 is 5.92 Å². The molecule has 1 aromatic heterocycles. The third-order valence-corrected chi connectivity index (χ3v) is 5.52. The van der Waals surface area contributed by atoms with E-state index in [1.807, 2.05) is 54.2 Å². The van der Waals surface area contributed by atoms with Crippen molar-refractivity contribution in [3.05, 3.63) is 60.1 Å². The molecule has 27 heavy (non-hydrogen) atoms. The molecular formula is C22H25N3O2. The van der Waals surface area contributed by atoms with Crippen LogP contribution in [0.15, 0.2) is 54.4 Å². The van der Waals surface area contributed by atoms with Crippen molar-refractivity contribution in [1.29, 1.82) is 0 Å². The molecule has 2 aliphatic rings. The maximum absolute atomic E-state index is 13.3. The number of ketones is 1. The average molecular weight is 363 g/mol. The summed E-state index contributed by atoms with van der Waals surface area (Å²) in [6.45, 7) is 5.72. The SMILES string of the molecule is CC(=O)N1c2ccccc2NC2=CC(C)(C)CC(=O)[C@H]2[C@H]1c1cccn1C. The first kappa shape index (κ1) is 17.6. The van der Waals surface area contributed by atoms with Crippen molar-refractivity contribution in [2.75, 3.05) is 10.2 Å². The van der Waals surface area contributed by atoms with Crippen molar-refractivity contribution < 1.29 is 9.59 Å². The molecule has 1 aromatic carbocycles. The lowest BCUT2D eigenvalue weighted by Gasteiger charge is -2.38. The van der Waals surface area contributed by atoms with E-state index in [2.05, 4.69) is 25.2 Å². The molecule has 5 nitrogen and oxygen atoms in total. The fourth-order valence-electron chi connectivity index (χ4n) is 4.45. The van der Waals surface area contributed by atoms with E-state index in [1.54, 1.807) is 11.8 Å². The summed E-state index contributed by atoms with van der Waals surface area (Å²) in [5.74, 6) is -0.326. The average Bonchev–Trinajstić information content (AvgIpc) is 2.92. The Labute approximate surface area is 159 Å². The van der Waals surface area contributed by atoms with Crippen molar-refractivity contribution in [2.45, 2.75) is 33.2 Å². The highest BCUT2D eigenvalue weighted by Gasteiger charge is 2.46. The van der Waals surface area contributed by atoms with E-state index in [9.17, 15) is 9.59 Å². The maximum atomic E-state index is 13.3. The number of nitrogens with zero attached hydrogens (tertiary/aromatic N) is 2. The zero-order valence-electron chi connectivity index (χ0n) is 16.2. The lowest BCUT2D eigenvalue weighted by Crippen LogP contribution is -2.43. The third-order valence-electron chi connectivity index (χ3n) is 5.52. The van der Waals surface area contributed by atoms with E-state index in [0.717, 1.165) is 22.8 Å². The van der Waals surface area contributed by atoms with Crippen molar-refractivity contribution >= 4 is 23.1 Å². The lowest BCUT2D eigenvalue weighted by molar-refractivity contribution is -0.125. The molecule has 140 valence electrons. The summed E-state index contributed by atoms with van der Waals surface area (Å²) in [5, 5.41) is 3.48. The number of allylic oxidation sites excluding steroid dienone is 1. The largest absolute Gasteiger partial charge is 0.357 e. The van der Waals surface area contributed by atoms with Gasteiger partial charge in [0.2, 0.25) is 5.91 Å². The summed E-state index contributed by atoms with van der Waals surface area (Å²) in [6.07, 6.45) is 4.58. The molecule has 2 heterocycles. The number of benzene rings is 1. The van der Waals surface area contributed by atoms with Gasteiger partial charge in [0.1, 0.15) is 5.78 Å². The van der Waals surface area contributed by atoms with Crippen molar-refractivity contribution in [3.63, 3.8) is 0 Å². The molecule has 0 saturated heterocycles. The summed E-state index contributed by atoms with van der Waals surface area (Å²) in [7, 11) is 1.96. The third kappa shape index (κ3) is 2.87. The number of nitrogens with one attached hydrogen (secondary N) is 1. The molecule has 1 aliphatic heterocycles. The lowest BCUT2D eigenvalue weighted by atomic mass is 9.73. The van der Waals surface area contributed by atoms with E-state index in [-0.39, 0.29) is 23.1 Å². The van der Waals surface area contributed by atoms with Crippen LogP contribution in [0.2, 0.25) is 0 Å². The van der Waals surface area contributed by atoms with Gasteiger partial charge in [0.15, 0.2) is 0 Å². The van der Waals surface area contributed by atoms with Crippen LogP contribution in [-0.2, 0) is 16.6 Å². The van der Waals surface area contributed by atoms with Gasteiger partial charge < -0.3 is 14.8 Å². The molecule has 2 atom stereocenters.